The Kier molecular flexibility index (Phi) is 5.45. The topological polar surface area (TPSA) is 137 Å². The molecule has 6 rings (SSSR count). The van der Waals surface area contributed by atoms with E-state index in [-0.39, 0.29) is 12.1 Å². The minimum Gasteiger partial charge on any atom is -0.494 e. The lowest BCUT2D eigenvalue weighted by Crippen LogP contribution is -2.42. The molecule has 12 nitrogen and oxygen atoms in total. The maximum atomic E-state index is 13.4. The summed E-state index contributed by atoms with van der Waals surface area (Å²) in [4.78, 5) is 39.8. The molecular formula is C24H20ClN9O3. The third-order valence-corrected chi connectivity index (χ3v) is 6.62. The van der Waals surface area contributed by atoms with E-state index in [4.69, 9.17) is 16.3 Å². The number of nitrogens with zero attached hydrogens (tertiary/aromatic N) is 8. The molecule has 186 valence electrons. The van der Waals surface area contributed by atoms with Crippen molar-refractivity contribution >= 4 is 34.2 Å². The van der Waals surface area contributed by atoms with E-state index in [1.807, 2.05) is 22.8 Å². The highest BCUT2D eigenvalue weighted by Crippen LogP contribution is 2.32. The molecule has 13 heteroatoms. The van der Waals surface area contributed by atoms with Gasteiger partial charge >= 0.3 is 0 Å². The molecule has 1 aliphatic heterocycles. The van der Waals surface area contributed by atoms with Crippen LogP contribution >= 0.6 is 11.6 Å². The Bertz CT molecular complexity index is 1690. The molecule has 4 aromatic heterocycles. The first-order valence-electron chi connectivity index (χ1n) is 11.4. The lowest BCUT2D eigenvalue weighted by Gasteiger charge is -2.27. The molecular weight excluding hydrogens is 498 g/mol. The van der Waals surface area contributed by atoms with Gasteiger partial charge in [0, 0.05) is 24.8 Å². The lowest BCUT2D eigenvalue weighted by molar-refractivity contribution is -0.127. The van der Waals surface area contributed by atoms with E-state index < -0.39 is 11.7 Å². The number of nitrogens with one attached hydrogen (secondary N) is 1. The molecule has 37 heavy (non-hydrogen) atoms. The third kappa shape index (κ3) is 3.73. The Morgan fingerprint density at radius 2 is 1.97 bits per heavy atom. The number of Topliss-reactive ketones (excluding diaryl/α,β-unsaturated/α-hetero) is 1. The van der Waals surface area contributed by atoms with E-state index in [1.165, 1.54) is 35.4 Å². The minimum atomic E-state index is -0.671. The number of H-pyrrole nitrogens is 1. The smallest absolute Gasteiger partial charge is 0.295 e. The maximum absolute atomic E-state index is 13.4. The molecule has 1 N–H and O–H groups in total. The van der Waals surface area contributed by atoms with Crippen molar-refractivity contribution in [3.8, 4) is 23.0 Å². The molecule has 0 aliphatic carbocycles. The van der Waals surface area contributed by atoms with Gasteiger partial charge in [-0.25, -0.2) is 14.6 Å². The van der Waals surface area contributed by atoms with Crippen LogP contribution in [0, 0.1) is 6.92 Å². The molecule has 0 radical (unpaired) electrons. The van der Waals surface area contributed by atoms with Gasteiger partial charge in [-0.3, -0.25) is 9.59 Å². The van der Waals surface area contributed by atoms with Crippen molar-refractivity contribution in [2.45, 2.75) is 20.0 Å². The number of rotatable bonds is 5. The summed E-state index contributed by atoms with van der Waals surface area (Å²) in [5.41, 5.74) is 1.45. The second-order valence-corrected chi connectivity index (χ2v) is 8.87. The van der Waals surface area contributed by atoms with E-state index >= 15 is 0 Å². The van der Waals surface area contributed by atoms with Gasteiger partial charge in [-0.15, -0.1) is 10.2 Å². The van der Waals surface area contributed by atoms with Crippen LogP contribution in [-0.2, 0) is 17.9 Å². The number of aryl methyl sites for hydroxylation is 1. The van der Waals surface area contributed by atoms with Crippen molar-refractivity contribution < 1.29 is 14.3 Å². The highest BCUT2D eigenvalue weighted by Gasteiger charge is 2.32. The molecule has 5 heterocycles. The number of hydrogen-bond donors (Lipinski definition) is 1. The van der Waals surface area contributed by atoms with Gasteiger partial charge in [-0.05, 0) is 19.1 Å². The molecule has 0 fully saturated rings. The molecule has 0 saturated heterocycles. The number of hydrogen-bond acceptors (Lipinski definition) is 8. The van der Waals surface area contributed by atoms with Crippen LogP contribution in [0.3, 0.4) is 0 Å². The van der Waals surface area contributed by atoms with Crippen molar-refractivity contribution in [2.24, 2.45) is 0 Å². The first-order valence-corrected chi connectivity index (χ1v) is 11.8. The first-order chi connectivity index (χ1) is 18.0. The average Bonchev–Trinajstić information content (AvgIpc) is 3.65. The van der Waals surface area contributed by atoms with Crippen molar-refractivity contribution in [1.29, 1.82) is 0 Å². The van der Waals surface area contributed by atoms with Gasteiger partial charge in [0.2, 0.25) is 0 Å². The zero-order valence-corrected chi connectivity index (χ0v) is 20.6. The van der Waals surface area contributed by atoms with E-state index in [9.17, 15) is 9.59 Å². The number of benzene rings is 1. The Balaban J connectivity index is 1.31. The van der Waals surface area contributed by atoms with E-state index in [0.717, 1.165) is 5.56 Å². The third-order valence-electron chi connectivity index (χ3n) is 6.29. The largest absolute Gasteiger partial charge is 0.494 e. The number of halogens is 1. The fourth-order valence-corrected chi connectivity index (χ4v) is 4.71. The number of aromatic nitrogens is 8. The molecule has 1 aliphatic rings. The van der Waals surface area contributed by atoms with Crippen LogP contribution < -0.4 is 4.74 Å². The van der Waals surface area contributed by atoms with Crippen molar-refractivity contribution in [3.05, 3.63) is 65.2 Å². The zero-order chi connectivity index (χ0) is 25.7. The summed E-state index contributed by atoms with van der Waals surface area (Å²) < 4.78 is 8.88. The summed E-state index contributed by atoms with van der Waals surface area (Å²) >= 11 is 6.34. The number of ether oxygens (including phenoxy) is 1. The normalized spacial score (nSPS) is 13.1. The van der Waals surface area contributed by atoms with Crippen LogP contribution in [0.15, 0.2) is 43.0 Å². The Labute approximate surface area is 214 Å². The fraction of sp³-hybridized carbons (Fsp3) is 0.208. The highest BCUT2D eigenvalue weighted by atomic mass is 35.5. The second kappa shape index (κ2) is 8.82. The van der Waals surface area contributed by atoms with Gasteiger partial charge in [0.25, 0.3) is 11.7 Å². The van der Waals surface area contributed by atoms with Crippen molar-refractivity contribution in [3.63, 3.8) is 0 Å². The van der Waals surface area contributed by atoms with Gasteiger partial charge in [0.1, 0.15) is 17.9 Å². The van der Waals surface area contributed by atoms with E-state index in [1.54, 1.807) is 13.0 Å². The highest BCUT2D eigenvalue weighted by molar-refractivity contribution is 6.45. The molecule has 0 spiro atoms. The van der Waals surface area contributed by atoms with Crippen LogP contribution in [-0.4, -0.2) is 69.7 Å². The predicted octanol–water partition coefficient (Wildman–Crippen LogP) is 2.60. The average molecular weight is 518 g/mol. The predicted molar refractivity (Wildman–Crippen MR) is 133 cm³/mol. The fourth-order valence-electron chi connectivity index (χ4n) is 4.49. The number of carbonyl (C=O) groups is 2. The van der Waals surface area contributed by atoms with Gasteiger partial charge in [-0.2, -0.15) is 5.10 Å². The number of ketones is 1. The van der Waals surface area contributed by atoms with Crippen LogP contribution in [0.2, 0.25) is 5.02 Å². The monoisotopic (exact) mass is 517 g/mol. The summed E-state index contributed by atoms with van der Waals surface area (Å²) in [6.45, 7) is 2.65. The van der Waals surface area contributed by atoms with Gasteiger partial charge in [0.05, 0.1) is 41.3 Å². The number of aromatic amines is 1. The summed E-state index contributed by atoms with van der Waals surface area (Å²) in [5, 5.41) is 13.8. The minimum absolute atomic E-state index is 0.145. The molecule has 5 aromatic rings. The van der Waals surface area contributed by atoms with Crippen LogP contribution in [0.25, 0.3) is 28.1 Å². The van der Waals surface area contributed by atoms with Crippen molar-refractivity contribution in [1.82, 2.24) is 44.4 Å². The number of pyridine rings is 1. The van der Waals surface area contributed by atoms with Crippen molar-refractivity contribution in [2.75, 3.05) is 13.7 Å². The summed E-state index contributed by atoms with van der Waals surface area (Å²) in [5.74, 6) is 1.24. The van der Waals surface area contributed by atoms with E-state index in [2.05, 4.69) is 30.2 Å². The summed E-state index contributed by atoms with van der Waals surface area (Å²) in [6.07, 6.45) is 4.51. The quantitative estimate of drug-likeness (QED) is 0.277. The summed E-state index contributed by atoms with van der Waals surface area (Å²) in [6, 6.07) is 7.38. The SMILES string of the molecule is COc1cnc(-n2cnc(C)n2)c2[nH]cc(C(=O)C(=O)N3CCn4c(nnc4-c4ccccc4Cl)C3)c12. The van der Waals surface area contributed by atoms with Gasteiger partial charge in [0.15, 0.2) is 17.5 Å². The molecule has 0 saturated carbocycles. The van der Waals surface area contributed by atoms with E-state index in [0.29, 0.717) is 58.1 Å². The first kappa shape index (κ1) is 22.9. The lowest BCUT2D eigenvalue weighted by atomic mass is 10.1. The molecule has 0 unspecified atom stereocenters. The Morgan fingerprint density at radius 1 is 1.14 bits per heavy atom. The molecule has 0 bridgehead atoms. The van der Waals surface area contributed by atoms with Gasteiger partial charge < -0.3 is 19.2 Å². The number of amides is 1. The van der Waals surface area contributed by atoms with Gasteiger partial charge in [-0.1, -0.05) is 23.7 Å². The standard InChI is InChI=1S/C24H20ClN9O3/c1-13-28-12-34(31-13)23-20-19(17(37-2)10-27-23)15(9-26-20)21(35)24(36)32-7-8-33-18(11-32)29-30-22(33)14-5-3-4-6-16(14)25/h3-6,9-10,12,26H,7-8,11H2,1-2H3. The van der Waals surface area contributed by atoms with Crippen LogP contribution in [0.4, 0.5) is 0 Å². The molecule has 1 amide bonds. The summed E-state index contributed by atoms with van der Waals surface area (Å²) in [7, 11) is 1.48. The number of carbonyl (C=O) groups excluding carboxylic acids is 2. The van der Waals surface area contributed by atoms with Crippen LogP contribution in [0.5, 0.6) is 5.75 Å². The molecule has 1 aromatic carbocycles. The Morgan fingerprint density at radius 3 is 2.73 bits per heavy atom. The molecule has 0 atom stereocenters. The number of fused-ring (bicyclic) bond motifs is 2. The van der Waals surface area contributed by atoms with Crippen LogP contribution in [0.1, 0.15) is 22.0 Å². The second-order valence-electron chi connectivity index (χ2n) is 8.47. The zero-order valence-electron chi connectivity index (χ0n) is 19.8. The number of methoxy groups -OCH3 is 1. The maximum Gasteiger partial charge on any atom is 0.295 e. The Hall–Kier alpha value is -4.58.